The number of ether oxygens (including phenoxy) is 1. The summed E-state index contributed by atoms with van der Waals surface area (Å²) in [7, 11) is 2.29. The second kappa shape index (κ2) is 5.74. The largest absolute Gasteiger partial charge is 1.00 e. The van der Waals surface area contributed by atoms with Crippen LogP contribution < -0.4 is 22.9 Å². The number of nitrogens with zero attached hydrogens (tertiary/aromatic N) is 1. The number of carbonyl (C=O) groups excluding carboxylic acids is 2. The molecular formula is C22H27ClN2O4. The maximum absolute atomic E-state index is 12.9. The van der Waals surface area contributed by atoms with Crippen LogP contribution in [0.4, 0.5) is 0 Å². The number of Topliss-reactive ketones (excluding diaryl/α,β-unsaturated/α-hetero) is 1. The number of nitrogens with two attached hydrogens (primary N) is 1. The summed E-state index contributed by atoms with van der Waals surface area (Å²) in [5, 5.41) is 12.3. The molecule has 1 aromatic rings. The van der Waals surface area contributed by atoms with Crippen molar-refractivity contribution >= 4 is 11.7 Å². The third kappa shape index (κ3) is 2.15. The van der Waals surface area contributed by atoms with Crippen molar-refractivity contribution in [2.24, 2.45) is 11.7 Å². The molecule has 7 heteroatoms. The van der Waals surface area contributed by atoms with Crippen molar-refractivity contribution < 1.29 is 36.3 Å². The molecule has 1 aromatic carbocycles. The number of ketones is 1. The lowest BCUT2D eigenvalue weighted by Gasteiger charge is -2.64. The van der Waals surface area contributed by atoms with Gasteiger partial charge in [-0.1, -0.05) is 6.07 Å². The number of carbonyl (C=O) groups is 2. The van der Waals surface area contributed by atoms with E-state index in [-0.39, 0.29) is 24.2 Å². The standard InChI is InChI=1S/C22H26N2O4.ClH/c1-24(11-12-2-3-12)9-8-21-17-13-4-5-14(20(23)26)18(17)28-19(21)15(25)6-7-22(21,27)16(24)10-13;/h4-5,12,16,19,27H,2-3,6-11H2,1H3,(H-,23,26);1H/t16?,19?,21?,22-,24+;/m1./s1. The molecule has 29 heavy (non-hydrogen) atoms. The molecule has 2 bridgehead atoms. The Morgan fingerprint density at radius 1 is 1.34 bits per heavy atom. The molecule has 1 amide bonds. The first-order chi connectivity index (χ1) is 13.3. The van der Waals surface area contributed by atoms with Gasteiger partial charge in [0.1, 0.15) is 17.4 Å². The number of rotatable bonds is 3. The highest BCUT2D eigenvalue weighted by molar-refractivity contribution is 5.98. The van der Waals surface area contributed by atoms with Crippen LogP contribution in [0.5, 0.6) is 5.75 Å². The molecule has 2 saturated carbocycles. The first kappa shape index (κ1) is 19.3. The molecule has 0 radical (unpaired) electrons. The molecule has 5 aliphatic rings. The van der Waals surface area contributed by atoms with E-state index in [2.05, 4.69) is 7.05 Å². The van der Waals surface area contributed by atoms with Crippen molar-refractivity contribution in [3.05, 3.63) is 28.8 Å². The van der Waals surface area contributed by atoms with Gasteiger partial charge >= 0.3 is 0 Å². The molecule has 3 N–H and O–H groups in total. The number of piperidine rings is 1. The van der Waals surface area contributed by atoms with Crippen molar-refractivity contribution in [2.45, 2.75) is 61.7 Å². The number of likely N-dealkylation sites (tertiary alicyclic amines) is 1. The summed E-state index contributed by atoms with van der Waals surface area (Å²) in [5.74, 6) is 0.718. The zero-order valence-electron chi connectivity index (χ0n) is 16.6. The summed E-state index contributed by atoms with van der Waals surface area (Å²) in [6.45, 7) is 2.03. The van der Waals surface area contributed by atoms with Crippen molar-refractivity contribution in [1.82, 2.24) is 0 Å². The maximum atomic E-state index is 12.9. The predicted molar refractivity (Wildman–Crippen MR) is 101 cm³/mol. The van der Waals surface area contributed by atoms with Crippen LogP contribution in [0.2, 0.25) is 0 Å². The van der Waals surface area contributed by atoms with E-state index < -0.39 is 23.0 Å². The number of aliphatic hydroxyl groups is 1. The van der Waals surface area contributed by atoms with Gasteiger partial charge in [-0.25, -0.2) is 0 Å². The Kier molecular flexibility index (Phi) is 3.83. The molecule has 6 rings (SSSR count). The van der Waals surface area contributed by atoms with Crippen LogP contribution in [0.15, 0.2) is 12.1 Å². The highest BCUT2D eigenvalue weighted by Crippen LogP contribution is 2.65. The molecule has 1 spiro atoms. The van der Waals surface area contributed by atoms with E-state index in [1.165, 1.54) is 12.8 Å². The number of hydrogen-bond acceptors (Lipinski definition) is 4. The summed E-state index contributed by atoms with van der Waals surface area (Å²) >= 11 is 0. The van der Waals surface area contributed by atoms with E-state index >= 15 is 0 Å². The number of amides is 1. The molecule has 3 aliphatic carbocycles. The fourth-order valence-electron chi connectivity index (χ4n) is 7.15. The topological polar surface area (TPSA) is 89.6 Å². The Labute approximate surface area is 176 Å². The zero-order chi connectivity index (χ0) is 19.5. The summed E-state index contributed by atoms with van der Waals surface area (Å²) in [6, 6.07) is 3.77. The van der Waals surface area contributed by atoms with Crippen molar-refractivity contribution in [1.29, 1.82) is 0 Å². The number of primary amides is 1. The summed E-state index contributed by atoms with van der Waals surface area (Å²) < 4.78 is 7.06. The Morgan fingerprint density at radius 2 is 2.10 bits per heavy atom. The zero-order valence-corrected chi connectivity index (χ0v) is 17.4. The summed E-state index contributed by atoms with van der Waals surface area (Å²) in [5.41, 5.74) is 6.24. The van der Waals surface area contributed by atoms with E-state index in [1.807, 2.05) is 6.07 Å². The highest BCUT2D eigenvalue weighted by Gasteiger charge is 2.76. The molecule has 2 heterocycles. The summed E-state index contributed by atoms with van der Waals surface area (Å²) in [6.07, 6.45) is 4.16. The van der Waals surface area contributed by atoms with E-state index in [0.717, 1.165) is 41.0 Å². The smallest absolute Gasteiger partial charge is 0.252 e. The third-order valence-electron chi connectivity index (χ3n) is 8.56. The Hall–Kier alpha value is -1.63. The van der Waals surface area contributed by atoms with Gasteiger partial charge in [-0.05, 0) is 30.9 Å². The molecule has 3 unspecified atom stereocenters. The number of benzene rings is 1. The van der Waals surface area contributed by atoms with Crippen molar-refractivity contribution in [3.63, 3.8) is 0 Å². The minimum atomic E-state index is -0.984. The van der Waals surface area contributed by atoms with Gasteiger partial charge in [-0.15, -0.1) is 0 Å². The first-order valence-corrected chi connectivity index (χ1v) is 10.5. The van der Waals surface area contributed by atoms with Crippen LogP contribution in [0.1, 0.15) is 53.6 Å². The van der Waals surface area contributed by atoms with E-state index in [4.69, 9.17) is 10.5 Å². The van der Waals surface area contributed by atoms with Gasteiger partial charge in [-0.2, -0.15) is 0 Å². The van der Waals surface area contributed by atoms with Gasteiger partial charge in [0, 0.05) is 30.7 Å². The second-order valence-corrected chi connectivity index (χ2v) is 10.00. The van der Waals surface area contributed by atoms with E-state index in [1.54, 1.807) is 6.07 Å². The third-order valence-corrected chi connectivity index (χ3v) is 8.56. The lowest BCUT2D eigenvalue weighted by atomic mass is 9.48. The fraction of sp³-hybridized carbons (Fsp3) is 0.636. The average molecular weight is 419 g/mol. The van der Waals surface area contributed by atoms with Crippen molar-refractivity contribution in [3.8, 4) is 5.75 Å². The summed E-state index contributed by atoms with van der Waals surface area (Å²) in [4.78, 5) is 25.0. The average Bonchev–Trinajstić information content (AvgIpc) is 3.37. The van der Waals surface area contributed by atoms with Crippen molar-refractivity contribution in [2.75, 3.05) is 20.1 Å². The Bertz CT molecular complexity index is 947. The fourth-order valence-corrected chi connectivity index (χ4v) is 7.15. The second-order valence-electron chi connectivity index (χ2n) is 10.00. The molecule has 0 aromatic heterocycles. The van der Waals surface area contributed by atoms with Crippen LogP contribution in [0.25, 0.3) is 0 Å². The quantitative estimate of drug-likeness (QED) is 0.559. The molecule has 5 atom stereocenters. The molecule has 156 valence electrons. The van der Waals surface area contributed by atoms with Crippen LogP contribution >= 0.6 is 0 Å². The van der Waals surface area contributed by atoms with Gasteiger partial charge < -0.3 is 32.5 Å². The normalized spacial score (nSPS) is 41.2. The number of likely N-dealkylation sites (N-methyl/N-ethyl adjacent to an activating group) is 1. The molecule has 1 saturated heterocycles. The Morgan fingerprint density at radius 3 is 2.79 bits per heavy atom. The molecule has 6 nitrogen and oxygen atoms in total. The SMILES string of the molecule is C[N@@+]1(CC2CC2)CCC23c4c5ccc(C(N)=O)c4OC2C(=O)CC[C@@]3(O)C1C5.[Cl-]. The minimum absolute atomic E-state index is 0. The van der Waals surface area contributed by atoms with Crippen LogP contribution in [-0.4, -0.2) is 59.2 Å². The lowest BCUT2D eigenvalue weighted by molar-refractivity contribution is -0.950. The van der Waals surface area contributed by atoms with Gasteiger partial charge in [0.25, 0.3) is 5.91 Å². The van der Waals surface area contributed by atoms with Gasteiger partial charge in [-0.3, -0.25) is 9.59 Å². The van der Waals surface area contributed by atoms with Crippen LogP contribution in [-0.2, 0) is 16.6 Å². The van der Waals surface area contributed by atoms with E-state index in [0.29, 0.717) is 30.6 Å². The van der Waals surface area contributed by atoms with E-state index in [9.17, 15) is 14.7 Å². The minimum Gasteiger partial charge on any atom is -1.00 e. The van der Waals surface area contributed by atoms with Crippen LogP contribution in [0, 0.1) is 5.92 Å². The number of quaternary nitrogens is 1. The lowest BCUT2D eigenvalue weighted by Crippen LogP contribution is -3.00. The predicted octanol–water partition coefficient (Wildman–Crippen LogP) is -1.93. The Balaban J connectivity index is 0.00000181. The number of halogens is 1. The maximum Gasteiger partial charge on any atom is 0.252 e. The highest BCUT2D eigenvalue weighted by atomic mass is 35.5. The first-order valence-electron chi connectivity index (χ1n) is 10.5. The molecule has 3 fully saturated rings. The van der Waals surface area contributed by atoms with Crippen LogP contribution in [0.3, 0.4) is 0 Å². The molecular weight excluding hydrogens is 392 g/mol. The van der Waals surface area contributed by atoms with Gasteiger partial charge in [0.15, 0.2) is 11.9 Å². The van der Waals surface area contributed by atoms with Gasteiger partial charge in [0.2, 0.25) is 0 Å². The molecule has 2 aliphatic heterocycles. The monoisotopic (exact) mass is 418 g/mol. The van der Waals surface area contributed by atoms with Gasteiger partial charge in [0.05, 0.1) is 31.1 Å². The number of hydrogen-bond donors (Lipinski definition) is 2.